The van der Waals surface area contributed by atoms with Crippen LogP contribution in [0.5, 0.6) is 5.75 Å². The van der Waals surface area contributed by atoms with Crippen molar-refractivity contribution in [3.8, 4) is 5.75 Å². The number of nitro groups is 1. The molecule has 0 radical (unpaired) electrons. The van der Waals surface area contributed by atoms with Gasteiger partial charge in [0, 0.05) is 17.7 Å². The minimum absolute atomic E-state index is 0.0481. The fourth-order valence-electron chi connectivity index (χ4n) is 0.897. The summed E-state index contributed by atoms with van der Waals surface area (Å²) in [5.41, 5.74) is 6.73. The number of rotatable bonds is 3. The molecule has 68 valence electrons. The second kappa shape index (κ2) is 3.61. The lowest BCUT2D eigenvalue weighted by atomic mass is 10.2. The molecule has 0 heterocycles. The van der Waals surface area contributed by atoms with E-state index in [-0.39, 0.29) is 23.5 Å². The number of nitrogens with one attached hydrogen (secondary N) is 1. The van der Waals surface area contributed by atoms with Gasteiger partial charge in [-0.05, 0) is 6.07 Å². The Hall–Kier alpha value is -1.98. The SMILES string of the molecule is N=NCc1cc([N+](=O)[O-])ccc1O. The van der Waals surface area contributed by atoms with Crippen molar-refractivity contribution in [2.75, 3.05) is 0 Å². The lowest BCUT2D eigenvalue weighted by Gasteiger charge is -1.99. The number of aromatic hydroxyl groups is 1. The molecule has 1 aromatic rings. The van der Waals surface area contributed by atoms with Crippen LogP contribution in [0.15, 0.2) is 23.3 Å². The molecule has 0 fully saturated rings. The number of phenolic OH excluding ortho intramolecular Hbond substituents is 1. The summed E-state index contributed by atoms with van der Waals surface area (Å²) < 4.78 is 0. The summed E-state index contributed by atoms with van der Waals surface area (Å²) in [6.45, 7) is -0.0481. The van der Waals surface area contributed by atoms with Gasteiger partial charge in [-0.15, -0.1) is 0 Å². The molecule has 6 heteroatoms. The fraction of sp³-hybridized carbons (Fsp3) is 0.143. The van der Waals surface area contributed by atoms with Crippen molar-refractivity contribution in [2.45, 2.75) is 6.54 Å². The molecule has 0 amide bonds. The Morgan fingerprint density at radius 2 is 2.31 bits per heavy atom. The highest BCUT2D eigenvalue weighted by Crippen LogP contribution is 2.23. The van der Waals surface area contributed by atoms with Crippen LogP contribution >= 0.6 is 0 Å². The molecule has 0 aliphatic heterocycles. The summed E-state index contributed by atoms with van der Waals surface area (Å²) in [4.78, 5) is 9.75. The first-order valence-electron chi connectivity index (χ1n) is 3.44. The zero-order valence-electron chi connectivity index (χ0n) is 6.60. The number of hydrogen-bond acceptors (Lipinski definition) is 5. The van der Waals surface area contributed by atoms with Crippen LogP contribution in [-0.4, -0.2) is 10.0 Å². The molecule has 0 bridgehead atoms. The maximum atomic E-state index is 10.3. The van der Waals surface area contributed by atoms with E-state index < -0.39 is 4.92 Å². The standard InChI is InChI=1S/C7H7N3O3/c8-9-4-5-3-6(10(12)13)1-2-7(5)11/h1-3,8,11H,4H2. The maximum Gasteiger partial charge on any atom is 0.270 e. The summed E-state index contributed by atoms with van der Waals surface area (Å²) in [5.74, 6) is -0.0819. The van der Waals surface area contributed by atoms with Crippen molar-refractivity contribution in [3.63, 3.8) is 0 Å². The molecule has 2 N–H and O–H groups in total. The molecule has 0 atom stereocenters. The normalized spacial score (nSPS) is 9.54. The van der Waals surface area contributed by atoms with Crippen LogP contribution in [0.1, 0.15) is 5.56 Å². The van der Waals surface area contributed by atoms with Crippen molar-refractivity contribution >= 4 is 5.69 Å². The van der Waals surface area contributed by atoms with Gasteiger partial charge >= 0.3 is 0 Å². The lowest BCUT2D eigenvalue weighted by molar-refractivity contribution is -0.384. The van der Waals surface area contributed by atoms with Gasteiger partial charge in [0.1, 0.15) is 5.75 Å². The van der Waals surface area contributed by atoms with Gasteiger partial charge in [-0.3, -0.25) is 10.1 Å². The summed E-state index contributed by atoms with van der Waals surface area (Å²) >= 11 is 0. The third-order valence-corrected chi connectivity index (χ3v) is 1.52. The minimum atomic E-state index is -0.563. The van der Waals surface area contributed by atoms with Crippen molar-refractivity contribution in [1.29, 1.82) is 5.53 Å². The van der Waals surface area contributed by atoms with Crippen molar-refractivity contribution in [3.05, 3.63) is 33.9 Å². The van der Waals surface area contributed by atoms with Gasteiger partial charge in [-0.1, -0.05) is 0 Å². The van der Waals surface area contributed by atoms with E-state index >= 15 is 0 Å². The Bertz CT molecular complexity index is 351. The Labute approximate surface area is 73.5 Å². The van der Waals surface area contributed by atoms with Gasteiger partial charge in [0.2, 0.25) is 0 Å². The summed E-state index contributed by atoms with van der Waals surface area (Å²) in [6, 6.07) is 3.62. The van der Waals surface area contributed by atoms with Crippen LogP contribution < -0.4 is 0 Å². The summed E-state index contributed by atoms with van der Waals surface area (Å²) in [6.07, 6.45) is 0. The van der Waals surface area contributed by atoms with Gasteiger partial charge in [0.15, 0.2) is 0 Å². The van der Waals surface area contributed by atoms with E-state index in [1.807, 2.05) is 0 Å². The number of phenols is 1. The number of benzene rings is 1. The van der Waals surface area contributed by atoms with E-state index in [4.69, 9.17) is 5.53 Å². The Morgan fingerprint density at radius 1 is 1.62 bits per heavy atom. The van der Waals surface area contributed by atoms with Gasteiger partial charge in [-0.2, -0.15) is 5.11 Å². The van der Waals surface area contributed by atoms with Crippen LogP contribution in [0, 0.1) is 15.6 Å². The smallest absolute Gasteiger partial charge is 0.270 e. The molecule has 0 aromatic heterocycles. The highest BCUT2D eigenvalue weighted by Gasteiger charge is 2.09. The largest absolute Gasteiger partial charge is 0.508 e. The highest BCUT2D eigenvalue weighted by atomic mass is 16.6. The molecular weight excluding hydrogens is 174 g/mol. The molecule has 13 heavy (non-hydrogen) atoms. The second-order valence-electron chi connectivity index (χ2n) is 2.39. The third kappa shape index (κ3) is 1.98. The second-order valence-corrected chi connectivity index (χ2v) is 2.39. The zero-order chi connectivity index (χ0) is 9.84. The first-order valence-corrected chi connectivity index (χ1v) is 3.44. The average molecular weight is 181 g/mol. The zero-order valence-corrected chi connectivity index (χ0v) is 6.60. The van der Waals surface area contributed by atoms with Gasteiger partial charge < -0.3 is 5.11 Å². The van der Waals surface area contributed by atoms with Gasteiger partial charge in [-0.25, -0.2) is 5.53 Å². The Kier molecular flexibility index (Phi) is 2.53. The number of nitro benzene ring substituents is 1. The van der Waals surface area contributed by atoms with E-state index in [0.29, 0.717) is 0 Å². The first kappa shape index (κ1) is 9.11. The quantitative estimate of drug-likeness (QED) is 0.422. The fourth-order valence-corrected chi connectivity index (χ4v) is 0.897. The maximum absolute atomic E-state index is 10.3. The van der Waals surface area contributed by atoms with E-state index in [9.17, 15) is 15.2 Å². The van der Waals surface area contributed by atoms with E-state index in [0.717, 1.165) is 0 Å². The topological polar surface area (TPSA) is 99.6 Å². The molecule has 0 unspecified atom stereocenters. The van der Waals surface area contributed by atoms with E-state index in [2.05, 4.69) is 5.11 Å². The number of nitrogens with zero attached hydrogens (tertiary/aromatic N) is 2. The molecule has 1 rings (SSSR count). The molecule has 0 saturated heterocycles. The predicted octanol–water partition coefficient (Wildman–Crippen LogP) is 1.83. The molecule has 0 spiro atoms. The monoisotopic (exact) mass is 181 g/mol. The highest BCUT2D eigenvalue weighted by molar-refractivity contribution is 5.42. The summed E-state index contributed by atoms with van der Waals surface area (Å²) in [5, 5.41) is 22.5. The third-order valence-electron chi connectivity index (χ3n) is 1.52. The van der Waals surface area contributed by atoms with Crippen molar-refractivity contribution in [2.24, 2.45) is 5.11 Å². The molecule has 0 aliphatic rings. The van der Waals surface area contributed by atoms with Crippen LogP contribution in [0.2, 0.25) is 0 Å². The number of non-ortho nitro benzene ring substituents is 1. The molecular formula is C7H7N3O3. The van der Waals surface area contributed by atoms with Crippen molar-refractivity contribution < 1.29 is 10.0 Å². The van der Waals surface area contributed by atoms with E-state index in [1.165, 1.54) is 18.2 Å². The molecule has 1 aromatic carbocycles. The number of hydrogen-bond donors (Lipinski definition) is 2. The molecule has 0 saturated carbocycles. The Morgan fingerprint density at radius 3 is 2.85 bits per heavy atom. The van der Waals surface area contributed by atoms with E-state index in [1.54, 1.807) is 0 Å². The predicted molar refractivity (Wildman–Crippen MR) is 43.6 cm³/mol. The average Bonchev–Trinajstić information content (AvgIpc) is 2.08. The molecule has 6 nitrogen and oxygen atoms in total. The molecule has 0 aliphatic carbocycles. The van der Waals surface area contributed by atoms with Crippen LogP contribution in [0.4, 0.5) is 5.69 Å². The van der Waals surface area contributed by atoms with Crippen LogP contribution in [0.3, 0.4) is 0 Å². The van der Waals surface area contributed by atoms with Gasteiger partial charge in [0.05, 0.1) is 11.5 Å². The van der Waals surface area contributed by atoms with Crippen molar-refractivity contribution in [1.82, 2.24) is 0 Å². The summed E-state index contributed by atoms with van der Waals surface area (Å²) in [7, 11) is 0. The van der Waals surface area contributed by atoms with Crippen LogP contribution in [-0.2, 0) is 6.54 Å². The minimum Gasteiger partial charge on any atom is -0.508 e. The Balaban J connectivity index is 3.10. The van der Waals surface area contributed by atoms with Crippen LogP contribution in [0.25, 0.3) is 0 Å². The van der Waals surface area contributed by atoms with Gasteiger partial charge in [0.25, 0.3) is 5.69 Å². The lowest BCUT2D eigenvalue weighted by Crippen LogP contribution is -1.90. The first-order chi connectivity index (χ1) is 6.15.